The van der Waals surface area contributed by atoms with Crippen molar-refractivity contribution in [3.63, 3.8) is 0 Å². The van der Waals surface area contributed by atoms with Crippen LogP contribution in [0, 0.1) is 0 Å². The van der Waals surface area contributed by atoms with Gasteiger partial charge in [-0.2, -0.15) is 0 Å². The molecule has 0 aromatic heterocycles. The van der Waals surface area contributed by atoms with Crippen LogP contribution in [-0.2, 0) is 0 Å². The topological polar surface area (TPSA) is 71.0 Å². The Bertz CT molecular complexity index is 410. The number of fused-ring (bicyclic) bond motifs is 1. The molecule has 1 unspecified atom stereocenters. The van der Waals surface area contributed by atoms with E-state index in [-0.39, 0.29) is 17.6 Å². The SMILES string of the molecule is CNCC(O)c1cc2c(c(Cl)c1O)OCO2. The van der Waals surface area contributed by atoms with Gasteiger partial charge < -0.3 is 25.0 Å². The molecule has 0 fully saturated rings. The predicted octanol–water partition coefficient (Wildman–Crippen LogP) is 1.03. The van der Waals surface area contributed by atoms with Crippen molar-refractivity contribution in [3.05, 3.63) is 16.7 Å². The van der Waals surface area contributed by atoms with Crippen LogP contribution in [0.15, 0.2) is 6.07 Å². The lowest BCUT2D eigenvalue weighted by atomic mass is 10.1. The molecule has 3 N–H and O–H groups in total. The molecule has 0 saturated carbocycles. The summed E-state index contributed by atoms with van der Waals surface area (Å²) in [4.78, 5) is 0. The normalized spacial score (nSPS) is 15.2. The van der Waals surface area contributed by atoms with Crippen LogP contribution in [0.1, 0.15) is 11.7 Å². The van der Waals surface area contributed by atoms with E-state index in [1.54, 1.807) is 7.05 Å². The average Bonchev–Trinajstić information content (AvgIpc) is 2.71. The number of benzene rings is 1. The van der Waals surface area contributed by atoms with Crippen molar-refractivity contribution in [2.75, 3.05) is 20.4 Å². The van der Waals surface area contributed by atoms with E-state index in [2.05, 4.69) is 5.32 Å². The van der Waals surface area contributed by atoms with E-state index in [0.29, 0.717) is 23.6 Å². The molecule has 88 valence electrons. The van der Waals surface area contributed by atoms with Gasteiger partial charge in [-0.25, -0.2) is 0 Å². The summed E-state index contributed by atoms with van der Waals surface area (Å²) >= 11 is 5.90. The third kappa shape index (κ3) is 1.77. The number of hydrogen-bond donors (Lipinski definition) is 3. The fourth-order valence-corrected chi connectivity index (χ4v) is 1.83. The second-order valence-corrected chi connectivity index (χ2v) is 3.81. The molecular formula is C10H12ClNO4. The third-order valence-electron chi connectivity index (χ3n) is 2.37. The van der Waals surface area contributed by atoms with Crippen LogP contribution in [0.2, 0.25) is 5.02 Å². The number of nitrogens with one attached hydrogen (secondary N) is 1. The van der Waals surface area contributed by atoms with E-state index in [9.17, 15) is 10.2 Å². The van der Waals surface area contributed by atoms with Crippen LogP contribution in [0.4, 0.5) is 0 Å². The van der Waals surface area contributed by atoms with Gasteiger partial charge >= 0.3 is 0 Å². The maximum Gasteiger partial charge on any atom is 0.231 e. The summed E-state index contributed by atoms with van der Waals surface area (Å²) in [5.74, 6) is 0.584. The Kier molecular flexibility index (Phi) is 3.09. The summed E-state index contributed by atoms with van der Waals surface area (Å²) < 4.78 is 10.2. The summed E-state index contributed by atoms with van der Waals surface area (Å²) in [6.07, 6.45) is -0.850. The van der Waals surface area contributed by atoms with Crippen molar-refractivity contribution in [2.45, 2.75) is 6.10 Å². The number of likely N-dealkylation sites (N-methyl/N-ethyl adjacent to an activating group) is 1. The van der Waals surface area contributed by atoms with Gasteiger partial charge in [0.05, 0.1) is 6.10 Å². The van der Waals surface area contributed by atoms with Crippen molar-refractivity contribution in [1.29, 1.82) is 0 Å². The lowest BCUT2D eigenvalue weighted by molar-refractivity contribution is 0.170. The molecule has 0 bridgehead atoms. The Morgan fingerprint density at radius 3 is 3.00 bits per heavy atom. The molecule has 1 aromatic rings. The summed E-state index contributed by atoms with van der Waals surface area (Å²) in [6.45, 7) is 0.379. The van der Waals surface area contributed by atoms with Crippen LogP contribution in [0.3, 0.4) is 0 Å². The van der Waals surface area contributed by atoms with E-state index in [1.807, 2.05) is 0 Å². The smallest absolute Gasteiger partial charge is 0.231 e. The quantitative estimate of drug-likeness (QED) is 0.742. The monoisotopic (exact) mass is 245 g/mol. The molecule has 0 amide bonds. The number of phenolic OH excluding ortho intramolecular Hbond substituents is 1. The highest BCUT2D eigenvalue weighted by molar-refractivity contribution is 6.34. The number of rotatable bonds is 3. The lowest BCUT2D eigenvalue weighted by Gasteiger charge is -2.14. The number of ether oxygens (including phenoxy) is 2. The Hall–Kier alpha value is -1.17. The van der Waals surface area contributed by atoms with Crippen LogP contribution in [0.5, 0.6) is 17.2 Å². The predicted molar refractivity (Wildman–Crippen MR) is 58.1 cm³/mol. The number of phenols is 1. The zero-order valence-electron chi connectivity index (χ0n) is 8.66. The molecule has 1 aliphatic rings. The number of halogens is 1. The van der Waals surface area contributed by atoms with E-state index < -0.39 is 6.10 Å². The minimum absolute atomic E-state index is 0.0695. The summed E-state index contributed by atoms with van der Waals surface area (Å²) in [5.41, 5.74) is 0.323. The summed E-state index contributed by atoms with van der Waals surface area (Å²) in [5, 5.41) is 22.5. The van der Waals surface area contributed by atoms with E-state index in [0.717, 1.165) is 0 Å². The van der Waals surface area contributed by atoms with Crippen LogP contribution in [-0.4, -0.2) is 30.6 Å². The molecule has 1 atom stereocenters. The fourth-order valence-electron chi connectivity index (χ4n) is 1.57. The second kappa shape index (κ2) is 4.37. The number of aromatic hydroxyl groups is 1. The van der Waals surface area contributed by atoms with E-state index in [1.165, 1.54) is 6.07 Å². The largest absolute Gasteiger partial charge is 0.506 e. The molecule has 0 radical (unpaired) electrons. The molecule has 2 rings (SSSR count). The van der Waals surface area contributed by atoms with Crippen molar-refractivity contribution >= 4 is 11.6 Å². The standard InChI is InChI=1S/C10H12ClNO4/c1-12-3-6(13)5-2-7-10(16-4-15-7)8(11)9(5)14/h2,6,12-14H,3-4H2,1H3. The van der Waals surface area contributed by atoms with Gasteiger partial charge in [-0.05, 0) is 13.1 Å². The zero-order chi connectivity index (χ0) is 11.7. The minimum Gasteiger partial charge on any atom is -0.506 e. The lowest BCUT2D eigenvalue weighted by Crippen LogP contribution is -2.16. The van der Waals surface area contributed by atoms with Gasteiger partial charge in [0, 0.05) is 12.1 Å². The molecule has 0 spiro atoms. The third-order valence-corrected chi connectivity index (χ3v) is 2.72. The molecular weight excluding hydrogens is 234 g/mol. The first-order chi connectivity index (χ1) is 7.65. The Balaban J connectivity index is 2.43. The van der Waals surface area contributed by atoms with Gasteiger partial charge in [-0.15, -0.1) is 0 Å². The number of aliphatic hydroxyl groups excluding tert-OH is 1. The van der Waals surface area contributed by atoms with Gasteiger partial charge in [0.1, 0.15) is 10.8 Å². The minimum atomic E-state index is -0.850. The average molecular weight is 246 g/mol. The first-order valence-electron chi connectivity index (χ1n) is 4.78. The van der Waals surface area contributed by atoms with Crippen molar-refractivity contribution in [3.8, 4) is 17.2 Å². The Labute approximate surface area is 97.6 Å². The highest BCUT2D eigenvalue weighted by atomic mass is 35.5. The van der Waals surface area contributed by atoms with Gasteiger partial charge in [0.25, 0.3) is 0 Å². The van der Waals surface area contributed by atoms with Crippen molar-refractivity contribution < 1.29 is 19.7 Å². The highest BCUT2D eigenvalue weighted by Crippen LogP contribution is 2.47. The van der Waals surface area contributed by atoms with Gasteiger partial charge in [-0.1, -0.05) is 11.6 Å². The molecule has 0 aliphatic carbocycles. The van der Waals surface area contributed by atoms with Gasteiger partial charge in [0.15, 0.2) is 11.5 Å². The Morgan fingerprint density at radius 1 is 1.56 bits per heavy atom. The summed E-state index contributed by atoms with van der Waals surface area (Å²) in [7, 11) is 1.70. The van der Waals surface area contributed by atoms with E-state index in [4.69, 9.17) is 21.1 Å². The molecule has 16 heavy (non-hydrogen) atoms. The second-order valence-electron chi connectivity index (χ2n) is 3.44. The zero-order valence-corrected chi connectivity index (χ0v) is 9.41. The van der Waals surface area contributed by atoms with Crippen molar-refractivity contribution in [1.82, 2.24) is 5.32 Å². The van der Waals surface area contributed by atoms with Crippen LogP contribution >= 0.6 is 11.6 Å². The maximum absolute atomic E-state index is 9.80. The van der Waals surface area contributed by atoms with Crippen LogP contribution in [0.25, 0.3) is 0 Å². The number of hydrogen-bond acceptors (Lipinski definition) is 5. The first kappa shape index (κ1) is 11.3. The molecule has 6 heteroatoms. The summed E-state index contributed by atoms with van der Waals surface area (Å²) in [6, 6.07) is 1.53. The van der Waals surface area contributed by atoms with Gasteiger partial charge in [0.2, 0.25) is 6.79 Å². The molecule has 5 nitrogen and oxygen atoms in total. The van der Waals surface area contributed by atoms with Crippen LogP contribution < -0.4 is 14.8 Å². The highest BCUT2D eigenvalue weighted by Gasteiger charge is 2.25. The number of aliphatic hydroxyl groups is 1. The Morgan fingerprint density at radius 2 is 2.31 bits per heavy atom. The van der Waals surface area contributed by atoms with E-state index >= 15 is 0 Å². The molecule has 1 aliphatic heterocycles. The van der Waals surface area contributed by atoms with Crippen molar-refractivity contribution in [2.24, 2.45) is 0 Å². The molecule has 0 saturated heterocycles. The fraction of sp³-hybridized carbons (Fsp3) is 0.400. The first-order valence-corrected chi connectivity index (χ1v) is 5.16. The van der Waals surface area contributed by atoms with Gasteiger partial charge in [-0.3, -0.25) is 0 Å². The molecule has 1 heterocycles. The molecule has 1 aromatic carbocycles. The maximum atomic E-state index is 9.80.